The first kappa shape index (κ1) is 20.5. The number of hydrogen-bond acceptors (Lipinski definition) is 5. The number of nitrogens with two attached hydrogens (primary N) is 1. The number of fused-ring (bicyclic) bond motifs is 1. The molecule has 2 N–H and O–H groups in total. The molecular formula is C19H14F4N2O4. The molecule has 0 radical (unpaired) electrons. The van der Waals surface area contributed by atoms with Crippen molar-refractivity contribution in [1.29, 1.82) is 0 Å². The highest BCUT2D eigenvalue weighted by Crippen LogP contribution is 2.29. The van der Waals surface area contributed by atoms with Gasteiger partial charge in [-0.25, -0.2) is 9.18 Å². The predicted molar refractivity (Wildman–Crippen MR) is 91.1 cm³/mol. The normalized spacial score (nSPS) is 15.8. The summed E-state index contributed by atoms with van der Waals surface area (Å²) in [4.78, 5) is 37.0. The number of alkyl halides is 3. The second kappa shape index (κ2) is 7.63. The zero-order valence-corrected chi connectivity index (χ0v) is 14.7. The monoisotopic (exact) mass is 410 g/mol. The molecule has 2 atom stereocenters. The standard InChI is InChI=1S/C19H14F4N2O4/c20-11-5-3-4-10(8-11)15(29-18(28)19(21,22)23)14(24)9-25-16(26)12-6-1-2-7-13(12)17(25)27/h1-8,14-15H,9,24H2. The molecule has 3 rings (SSSR count). The number of amides is 2. The molecular weight excluding hydrogens is 396 g/mol. The van der Waals surface area contributed by atoms with Crippen LogP contribution in [-0.2, 0) is 9.53 Å². The number of rotatable bonds is 5. The number of nitrogens with zero attached hydrogens (tertiary/aromatic N) is 1. The van der Waals surface area contributed by atoms with E-state index in [4.69, 9.17) is 5.73 Å². The van der Waals surface area contributed by atoms with E-state index >= 15 is 0 Å². The molecule has 0 spiro atoms. The smallest absolute Gasteiger partial charge is 0.449 e. The number of carbonyl (C=O) groups excluding carboxylic acids is 3. The summed E-state index contributed by atoms with van der Waals surface area (Å²) in [5.41, 5.74) is 6.02. The number of benzene rings is 2. The maximum atomic E-state index is 13.5. The number of hydrogen-bond donors (Lipinski definition) is 1. The fourth-order valence-corrected chi connectivity index (χ4v) is 2.98. The zero-order chi connectivity index (χ0) is 21.3. The average molecular weight is 410 g/mol. The maximum Gasteiger partial charge on any atom is 0.490 e. The summed E-state index contributed by atoms with van der Waals surface area (Å²) in [7, 11) is 0. The molecule has 0 saturated heterocycles. The first-order chi connectivity index (χ1) is 13.6. The van der Waals surface area contributed by atoms with E-state index in [1.54, 1.807) is 12.1 Å². The summed E-state index contributed by atoms with van der Waals surface area (Å²) in [6.45, 7) is -0.543. The van der Waals surface area contributed by atoms with E-state index in [1.807, 2.05) is 0 Å². The van der Waals surface area contributed by atoms with Crippen molar-refractivity contribution >= 4 is 17.8 Å². The van der Waals surface area contributed by atoms with Gasteiger partial charge in [0.15, 0.2) is 0 Å². The SMILES string of the molecule is NC(CN1C(=O)c2ccccc2C1=O)C(OC(=O)C(F)(F)F)c1cccc(F)c1. The topological polar surface area (TPSA) is 89.7 Å². The van der Waals surface area contributed by atoms with Gasteiger partial charge in [-0.3, -0.25) is 14.5 Å². The Bertz CT molecular complexity index is 942. The minimum atomic E-state index is -5.30. The molecule has 0 aliphatic carbocycles. The van der Waals surface area contributed by atoms with Crippen LogP contribution in [0.25, 0.3) is 0 Å². The molecule has 1 heterocycles. The van der Waals surface area contributed by atoms with E-state index in [1.165, 1.54) is 24.3 Å². The van der Waals surface area contributed by atoms with E-state index in [0.29, 0.717) is 0 Å². The van der Waals surface area contributed by atoms with E-state index in [2.05, 4.69) is 4.74 Å². The summed E-state index contributed by atoms with van der Waals surface area (Å²) in [6.07, 6.45) is -7.05. The van der Waals surface area contributed by atoms with E-state index in [9.17, 15) is 31.9 Å². The predicted octanol–water partition coefficient (Wildman–Crippen LogP) is 2.60. The van der Waals surface area contributed by atoms with Crippen molar-refractivity contribution in [2.75, 3.05) is 6.54 Å². The third-order valence-corrected chi connectivity index (χ3v) is 4.30. The van der Waals surface area contributed by atoms with Crippen LogP contribution in [0.5, 0.6) is 0 Å². The largest absolute Gasteiger partial charge is 0.490 e. The number of esters is 1. The van der Waals surface area contributed by atoms with Crippen molar-refractivity contribution in [3.05, 3.63) is 71.0 Å². The fourth-order valence-electron chi connectivity index (χ4n) is 2.98. The Hall–Kier alpha value is -3.27. The Balaban J connectivity index is 1.87. The van der Waals surface area contributed by atoms with Crippen LogP contribution < -0.4 is 5.73 Å². The molecule has 29 heavy (non-hydrogen) atoms. The van der Waals surface area contributed by atoms with Gasteiger partial charge in [0.25, 0.3) is 11.8 Å². The molecule has 6 nitrogen and oxygen atoms in total. The highest BCUT2D eigenvalue weighted by atomic mass is 19.4. The van der Waals surface area contributed by atoms with Gasteiger partial charge in [-0.15, -0.1) is 0 Å². The molecule has 0 bridgehead atoms. The number of carbonyl (C=O) groups is 3. The average Bonchev–Trinajstić information content (AvgIpc) is 2.90. The lowest BCUT2D eigenvalue weighted by atomic mass is 10.0. The number of halogens is 4. The molecule has 1 aliphatic rings. The van der Waals surface area contributed by atoms with Crippen LogP contribution in [-0.4, -0.2) is 41.4 Å². The summed E-state index contributed by atoms with van der Waals surface area (Å²) in [6, 6.07) is 8.84. The molecule has 2 aromatic carbocycles. The third kappa shape index (κ3) is 4.11. The van der Waals surface area contributed by atoms with Gasteiger partial charge >= 0.3 is 12.1 Å². The first-order valence-electron chi connectivity index (χ1n) is 8.33. The van der Waals surface area contributed by atoms with Gasteiger partial charge in [0.1, 0.15) is 11.9 Å². The number of ether oxygens (including phenoxy) is 1. The summed E-state index contributed by atoms with van der Waals surface area (Å²) in [5.74, 6) is -4.67. The second-order valence-electron chi connectivity index (χ2n) is 6.31. The Morgan fingerprint density at radius 2 is 1.62 bits per heavy atom. The van der Waals surface area contributed by atoms with Crippen LogP contribution in [0.2, 0.25) is 0 Å². The lowest BCUT2D eigenvalue weighted by molar-refractivity contribution is -0.206. The highest BCUT2D eigenvalue weighted by Gasteiger charge is 2.44. The zero-order valence-electron chi connectivity index (χ0n) is 14.7. The first-order valence-corrected chi connectivity index (χ1v) is 8.33. The van der Waals surface area contributed by atoms with Crippen molar-refractivity contribution in [3.63, 3.8) is 0 Å². The molecule has 2 unspecified atom stereocenters. The maximum absolute atomic E-state index is 13.5. The van der Waals surface area contributed by atoms with Crippen LogP contribution in [0.3, 0.4) is 0 Å². The fraction of sp³-hybridized carbons (Fsp3) is 0.211. The summed E-state index contributed by atoms with van der Waals surface area (Å²) in [5, 5.41) is 0. The van der Waals surface area contributed by atoms with Crippen LogP contribution in [0.1, 0.15) is 32.4 Å². The van der Waals surface area contributed by atoms with Crippen molar-refractivity contribution < 1.29 is 36.7 Å². The van der Waals surface area contributed by atoms with Crippen LogP contribution in [0.4, 0.5) is 17.6 Å². The Labute approximate surface area is 161 Å². The van der Waals surface area contributed by atoms with Crippen molar-refractivity contribution in [2.24, 2.45) is 5.73 Å². The van der Waals surface area contributed by atoms with Gasteiger partial charge in [0.2, 0.25) is 0 Å². The Morgan fingerprint density at radius 3 is 2.14 bits per heavy atom. The summed E-state index contributed by atoms with van der Waals surface area (Å²) < 4.78 is 56.0. The molecule has 2 aromatic rings. The van der Waals surface area contributed by atoms with Gasteiger partial charge in [0, 0.05) is 6.54 Å². The van der Waals surface area contributed by atoms with Crippen LogP contribution >= 0.6 is 0 Å². The van der Waals surface area contributed by atoms with Crippen molar-refractivity contribution in [3.8, 4) is 0 Å². The van der Waals surface area contributed by atoms with E-state index in [-0.39, 0.29) is 16.7 Å². The van der Waals surface area contributed by atoms with E-state index in [0.717, 1.165) is 17.0 Å². The number of imide groups is 1. The molecule has 152 valence electrons. The lowest BCUT2D eigenvalue weighted by Crippen LogP contribution is -2.45. The third-order valence-electron chi connectivity index (χ3n) is 4.30. The Kier molecular flexibility index (Phi) is 5.38. The van der Waals surface area contributed by atoms with Gasteiger partial charge < -0.3 is 10.5 Å². The van der Waals surface area contributed by atoms with Crippen LogP contribution in [0, 0.1) is 5.82 Å². The van der Waals surface area contributed by atoms with Crippen molar-refractivity contribution in [1.82, 2.24) is 4.90 Å². The molecule has 0 saturated carbocycles. The Morgan fingerprint density at radius 1 is 1.03 bits per heavy atom. The lowest BCUT2D eigenvalue weighted by Gasteiger charge is -2.27. The quantitative estimate of drug-likeness (QED) is 0.465. The van der Waals surface area contributed by atoms with Gasteiger partial charge in [-0.2, -0.15) is 13.2 Å². The molecule has 1 aliphatic heterocycles. The van der Waals surface area contributed by atoms with Gasteiger partial charge in [-0.1, -0.05) is 24.3 Å². The van der Waals surface area contributed by atoms with Crippen LogP contribution in [0.15, 0.2) is 48.5 Å². The van der Waals surface area contributed by atoms with Gasteiger partial charge in [-0.05, 0) is 29.8 Å². The van der Waals surface area contributed by atoms with E-state index < -0.39 is 48.5 Å². The molecule has 2 amide bonds. The van der Waals surface area contributed by atoms with Crippen molar-refractivity contribution in [2.45, 2.75) is 18.3 Å². The highest BCUT2D eigenvalue weighted by molar-refractivity contribution is 6.21. The molecule has 0 aromatic heterocycles. The molecule has 10 heteroatoms. The minimum absolute atomic E-state index is 0.124. The minimum Gasteiger partial charge on any atom is -0.449 e. The van der Waals surface area contributed by atoms with Gasteiger partial charge in [0.05, 0.1) is 17.2 Å². The molecule has 0 fully saturated rings. The summed E-state index contributed by atoms with van der Waals surface area (Å²) >= 11 is 0. The second-order valence-corrected chi connectivity index (χ2v) is 6.31.